The second kappa shape index (κ2) is 3.79. The minimum Gasteiger partial charge on any atom is -0.381 e. The lowest BCUT2D eigenvalue weighted by Crippen LogP contribution is -2.22. The molecule has 0 amide bonds. The van der Waals surface area contributed by atoms with Crippen LogP contribution < -0.4 is 5.84 Å². The molecule has 0 radical (unpaired) electrons. The van der Waals surface area contributed by atoms with Gasteiger partial charge in [-0.05, 0) is 12.8 Å². The van der Waals surface area contributed by atoms with Crippen LogP contribution in [0.3, 0.4) is 0 Å². The maximum atomic E-state index is 10.6. The summed E-state index contributed by atoms with van der Waals surface area (Å²) >= 11 is 0. The molecule has 1 aliphatic rings. The first-order valence-corrected chi connectivity index (χ1v) is 4.68. The molecule has 14 heavy (non-hydrogen) atoms. The van der Waals surface area contributed by atoms with E-state index in [1.807, 2.05) is 0 Å². The average molecular weight is 195 g/mol. The van der Waals surface area contributed by atoms with E-state index >= 15 is 0 Å². The molecule has 1 aromatic rings. The maximum absolute atomic E-state index is 10.6. The van der Waals surface area contributed by atoms with Crippen molar-refractivity contribution in [3.63, 3.8) is 0 Å². The number of rotatable bonds is 2. The second-order valence-corrected chi connectivity index (χ2v) is 3.42. The Morgan fingerprint density at radius 3 is 2.86 bits per heavy atom. The Bertz CT molecular complexity index is 329. The van der Waals surface area contributed by atoms with E-state index in [0.29, 0.717) is 11.6 Å². The monoisotopic (exact) mass is 195 g/mol. The summed E-state index contributed by atoms with van der Waals surface area (Å²) in [7, 11) is 0. The van der Waals surface area contributed by atoms with Crippen molar-refractivity contribution < 1.29 is 9.53 Å². The van der Waals surface area contributed by atoms with E-state index in [9.17, 15) is 4.79 Å². The fourth-order valence-electron chi connectivity index (χ4n) is 1.73. The number of carbonyl (C=O) groups is 1. The van der Waals surface area contributed by atoms with Crippen molar-refractivity contribution in [2.24, 2.45) is 0 Å². The highest BCUT2D eigenvalue weighted by Gasteiger charge is 2.21. The Balaban J connectivity index is 2.22. The Kier molecular flexibility index (Phi) is 2.49. The number of aromatic nitrogens is 2. The first kappa shape index (κ1) is 9.21. The van der Waals surface area contributed by atoms with E-state index in [2.05, 4.69) is 4.98 Å². The summed E-state index contributed by atoms with van der Waals surface area (Å²) in [6.07, 6.45) is 4.08. The van der Waals surface area contributed by atoms with Gasteiger partial charge in [-0.3, -0.25) is 4.79 Å². The molecule has 0 unspecified atom stereocenters. The van der Waals surface area contributed by atoms with Crippen LogP contribution >= 0.6 is 0 Å². The third-order valence-electron chi connectivity index (χ3n) is 2.56. The fraction of sp³-hybridized carbons (Fsp3) is 0.556. The van der Waals surface area contributed by atoms with Crippen LogP contribution in [-0.4, -0.2) is 29.2 Å². The van der Waals surface area contributed by atoms with Crippen molar-refractivity contribution in [3.05, 3.63) is 17.7 Å². The van der Waals surface area contributed by atoms with E-state index in [0.717, 1.165) is 38.2 Å². The molecule has 5 nitrogen and oxygen atoms in total. The number of nitrogens with zero attached hydrogens (tertiary/aromatic N) is 2. The molecule has 1 aliphatic heterocycles. The fourth-order valence-corrected chi connectivity index (χ4v) is 1.73. The van der Waals surface area contributed by atoms with Crippen LogP contribution in [0.1, 0.15) is 35.1 Å². The van der Waals surface area contributed by atoms with Gasteiger partial charge in [-0.2, -0.15) is 0 Å². The van der Waals surface area contributed by atoms with Gasteiger partial charge in [0.2, 0.25) is 0 Å². The first-order chi connectivity index (χ1) is 6.83. The van der Waals surface area contributed by atoms with Crippen molar-refractivity contribution in [2.75, 3.05) is 19.1 Å². The van der Waals surface area contributed by atoms with E-state index in [-0.39, 0.29) is 0 Å². The van der Waals surface area contributed by atoms with Crippen molar-refractivity contribution in [1.29, 1.82) is 0 Å². The van der Waals surface area contributed by atoms with Crippen molar-refractivity contribution >= 4 is 6.29 Å². The normalized spacial score (nSPS) is 18.3. The molecule has 0 bridgehead atoms. The quantitative estimate of drug-likeness (QED) is 0.544. The summed E-state index contributed by atoms with van der Waals surface area (Å²) in [5, 5.41) is 0. The number of ether oxygens (including phenoxy) is 1. The molecule has 1 aromatic heterocycles. The Morgan fingerprint density at radius 2 is 2.29 bits per heavy atom. The second-order valence-electron chi connectivity index (χ2n) is 3.42. The van der Waals surface area contributed by atoms with Gasteiger partial charge in [0, 0.05) is 19.1 Å². The van der Waals surface area contributed by atoms with Crippen molar-refractivity contribution in [3.8, 4) is 0 Å². The summed E-state index contributed by atoms with van der Waals surface area (Å²) in [5.41, 5.74) is 0.423. The molecule has 2 rings (SSSR count). The van der Waals surface area contributed by atoms with Gasteiger partial charge in [0.1, 0.15) is 11.5 Å². The molecular weight excluding hydrogens is 182 g/mol. The molecule has 1 fully saturated rings. The third-order valence-corrected chi connectivity index (χ3v) is 2.56. The van der Waals surface area contributed by atoms with Crippen LogP contribution in [-0.2, 0) is 4.74 Å². The van der Waals surface area contributed by atoms with Gasteiger partial charge in [0.15, 0.2) is 6.29 Å². The molecule has 5 heteroatoms. The number of hydrogen-bond donors (Lipinski definition) is 1. The van der Waals surface area contributed by atoms with E-state index in [4.69, 9.17) is 10.6 Å². The average Bonchev–Trinajstić information content (AvgIpc) is 2.61. The molecule has 0 aliphatic carbocycles. The van der Waals surface area contributed by atoms with Crippen molar-refractivity contribution in [1.82, 2.24) is 9.66 Å². The molecule has 1 saturated heterocycles. The van der Waals surface area contributed by atoms with Crippen LogP contribution in [0.4, 0.5) is 0 Å². The van der Waals surface area contributed by atoms with Gasteiger partial charge in [-0.15, -0.1) is 0 Å². The lowest BCUT2D eigenvalue weighted by molar-refractivity contribution is 0.0831. The maximum Gasteiger partial charge on any atom is 0.170 e. The minimum atomic E-state index is 0.322. The molecule has 2 N–H and O–H groups in total. The van der Waals surface area contributed by atoms with Gasteiger partial charge in [0.25, 0.3) is 0 Å². The number of imidazole rings is 1. The van der Waals surface area contributed by atoms with E-state index in [1.54, 1.807) is 0 Å². The molecule has 0 atom stereocenters. The SMILES string of the molecule is Nn1c(C=O)cnc1C1CCOCC1. The van der Waals surface area contributed by atoms with Gasteiger partial charge in [-0.1, -0.05) is 0 Å². The lowest BCUT2D eigenvalue weighted by Gasteiger charge is -2.21. The first-order valence-electron chi connectivity index (χ1n) is 4.68. The minimum absolute atomic E-state index is 0.322. The van der Waals surface area contributed by atoms with Crippen LogP contribution in [0.15, 0.2) is 6.20 Å². The number of nitrogens with two attached hydrogens (primary N) is 1. The van der Waals surface area contributed by atoms with Gasteiger partial charge < -0.3 is 10.6 Å². The zero-order valence-corrected chi connectivity index (χ0v) is 7.85. The van der Waals surface area contributed by atoms with Gasteiger partial charge in [0.05, 0.1) is 6.20 Å². The predicted octanol–water partition coefficient (Wildman–Crippen LogP) is 0.303. The smallest absolute Gasteiger partial charge is 0.170 e. The summed E-state index contributed by atoms with van der Waals surface area (Å²) in [5.74, 6) is 6.84. The topological polar surface area (TPSA) is 70.1 Å². The Labute approximate surface area is 81.8 Å². The number of aldehydes is 1. The molecule has 0 spiro atoms. The molecule has 76 valence electrons. The molecule has 0 saturated carbocycles. The van der Waals surface area contributed by atoms with E-state index < -0.39 is 0 Å². The van der Waals surface area contributed by atoms with Gasteiger partial charge in [-0.25, -0.2) is 9.66 Å². The van der Waals surface area contributed by atoms with Crippen LogP contribution in [0.2, 0.25) is 0 Å². The van der Waals surface area contributed by atoms with Crippen LogP contribution in [0, 0.1) is 0 Å². The summed E-state index contributed by atoms with van der Waals surface area (Å²) in [4.78, 5) is 14.7. The van der Waals surface area contributed by atoms with Crippen LogP contribution in [0.25, 0.3) is 0 Å². The molecular formula is C9H13N3O2. The van der Waals surface area contributed by atoms with Crippen molar-refractivity contribution in [2.45, 2.75) is 18.8 Å². The number of nitrogen functional groups attached to an aromatic ring is 1. The highest BCUT2D eigenvalue weighted by atomic mass is 16.5. The zero-order chi connectivity index (χ0) is 9.97. The summed E-state index contributed by atoms with van der Waals surface area (Å²) in [6.45, 7) is 1.49. The zero-order valence-electron chi connectivity index (χ0n) is 7.85. The van der Waals surface area contributed by atoms with Gasteiger partial charge >= 0.3 is 0 Å². The number of carbonyl (C=O) groups excluding carboxylic acids is 1. The summed E-state index contributed by atoms with van der Waals surface area (Å²) < 4.78 is 6.62. The third kappa shape index (κ3) is 1.50. The Hall–Kier alpha value is -1.36. The largest absolute Gasteiger partial charge is 0.381 e. The highest BCUT2D eigenvalue weighted by Crippen LogP contribution is 2.24. The summed E-state index contributed by atoms with van der Waals surface area (Å²) in [6, 6.07) is 0. The predicted molar refractivity (Wildman–Crippen MR) is 50.6 cm³/mol. The molecule has 0 aromatic carbocycles. The lowest BCUT2D eigenvalue weighted by atomic mass is 10.00. The standard InChI is InChI=1S/C9H13N3O2/c10-12-8(6-13)5-11-9(12)7-1-3-14-4-2-7/h5-7H,1-4,10H2. The van der Waals surface area contributed by atoms with E-state index in [1.165, 1.54) is 10.9 Å². The highest BCUT2D eigenvalue weighted by molar-refractivity contribution is 5.71. The molecule has 2 heterocycles. The number of hydrogen-bond acceptors (Lipinski definition) is 4. The van der Waals surface area contributed by atoms with Crippen LogP contribution in [0.5, 0.6) is 0 Å². The Morgan fingerprint density at radius 1 is 1.57 bits per heavy atom.